The zero-order valence-electron chi connectivity index (χ0n) is 10.1. The number of rotatable bonds is 6. The van der Waals surface area contributed by atoms with Crippen molar-refractivity contribution in [3.8, 4) is 5.88 Å². The van der Waals surface area contributed by atoms with Gasteiger partial charge in [0.2, 0.25) is 5.88 Å². The summed E-state index contributed by atoms with van der Waals surface area (Å²) in [5.74, 6) is 2.20. The van der Waals surface area contributed by atoms with Gasteiger partial charge in [0.1, 0.15) is 17.0 Å². The molecule has 0 fully saturated rings. The number of hydrogen-bond acceptors (Lipinski definition) is 5. The minimum atomic E-state index is 0.490. The molecular formula is C11H19N3OS. The van der Waals surface area contributed by atoms with Crippen LogP contribution in [0.15, 0.2) is 11.4 Å². The van der Waals surface area contributed by atoms with Crippen molar-refractivity contribution in [2.45, 2.75) is 32.2 Å². The number of nitrogen functional groups attached to an aromatic ring is 1. The lowest BCUT2D eigenvalue weighted by Crippen LogP contribution is -2.02. The molecular weight excluding hydrogens is 222 g/mol. The number of anilines is 1. The van der Waals surface area contributed by atoms with E-state index in [4.69, 9.17) is 10.5 Å². The normalized spacial score (nSPS) is 10.8. The van der Waals surface area contributed by atoms with Gasteiger partial charge >= 0.3 is 0 Å². The lowest BCUT2D eigenvalue weighted by molar-refractivity contribution is 0.327. The van der Waals surface area contributed by atoms with E-state index in [1.807, 2.05) is 6.92 Å². The molecule has 16 heavy (non-hydrogen) atoms. The minimum absolute atomic E-state index is 0.490. The molecule has 1 heterocycles. The van der Waals surface area contributed by atoms with Crippen LogP contribution in [0.4, 0.5) is 5.69 Å². The van der Waals surface area contributed by atoms with Crippen LogP contribution in [-0.2, 0) is 0 Å². The van der Waals surface area contributed by atoms with Crippen LogP contribution in [0.5, 0.6) is 5.88 Å². The molecule has 0 saturated heterocycles. The second-order valence-corrected chi connectivity index (χ2v) is 4.95. The first-order valence-electron chi connectivity index (χ1n) is 5.51. The van der Waals surface area contributed by atoms with E-state index in [1.54, 1.807) is 11.8 Å². The van der Waals surface area contributed by atoms with Gasteiger partial charge in [-0.05, 0) is 25.0 Å². The molecule has 0 spiro atoms. The van der Waals surface area contributed by atoms with Crippen LogP contribution in [-0.4, -0.2) is 22.3 Å². The van der Waals surface area contributed by atoms with E-state index in [9.17, 15) is 0 Å². The lowest BCUT2D eigenvalue weighted by atomic mass is 10.2. The summed E-state index contributed by atoms with van der Waals surface area (Å²) in [6.45, 7) is 6.88. The van der Waals surface area contributed by atoms with Gasteiger partial charge in [-0.2, -0.15) is 4.98 Å². The van der Waals surface area contributed by atoms with Crippen molar-refractivity contribution < 1.29 is 4.74 Å². The summed E-state index contributed by atoms with van der Waals surface area (Å²) in [6, 6.07) is 0. The lowest BCUT2D eigenvalue weighted by Gasteiger charge is -2.09. The first kappa shape index (κ1) is 13.1. The predicted octanol–water partition coefficient (Wildman–Crippen LogP) is 2.60. The summed E-state index contributed by atoms with van der Waals surface area (Å²) < 4.78 is 5.32. The Kier molecular flexibility index (Phi) is 5.38. The first-order chi connectivity index (χ1) is 7.65. The quantitative estimate of drug-likeness (QED) is 0.612. The monoisotopic (exact) mass is 241 g/mol. The number of thioether (sulfide) groups is 1. The summed E-state index contributed by atoms with van der Waals surface area (Å²) in [6.07, 6.45) is 2.65. The van der Waals surface area contributed by atoms with Gasteiger partial charge in [0.25, 0.3) is 0 Å². The third kappa shape index (κ3) is 3.89. The zero-order chi connectivity index (χ0) is 12.0. The minimum Gasteiger partial charge on any atom is -0.476 e. The van der Waals surface area contributed by atoms with Crippen LogP contribution in [0.3, 0.4) is 0 Å². The molecule has 0 atom stereocenters. The molecule has 0 aliphatic heterocycles. The maximum atomic E-state index is 5.92. The average molecular weight is 241 g/mol. The van der Waals surface area contributed by atoms with Gasteiger partial charge in [-0.3, -0.25) is 0 Å². The summed E-state index contributed by atoms with van der Waals surface area (Å²) in [5, 5.41) is 0.819. The standard InChI is InChI=1S/C11H19N3OS/c1-4-15-10-9(12)11(14-7-13-10)16-6-5-8(2)3/h7-8H,4-6,12H2,1-3H3. The molecule has 0 radical (unpaired) electrons. The number of hydrogen-bond donors (Lipinski definition) is 1. The highest BCUT2D eigenvalue weighted by atomic mass is 32.2. The molecule has 4 nitrogen and oxygen atoms in total. The van der Waals surface area contributed by atoms with Crippen molar-refractivity contribution in [2.24, 2.45) is 5.92 Å². The third-order valence-electron chi connectivity index (χ3n) is 2.03. The molecule has 0 bridgehead atoms. The average Bonchev–Trinajstić information content (AvgIpc) is 2.23. The molecule has 0 saturated carbocycles. The van der Waals surface area contributed by atoms with Gasteiger partial charge in [-0.25, -0.2) is 4.98 Å². The summed E-state index contributed by atoms with van der Waals surface area (Å²) in [5.41, 5.74) is 6.47. The van der Waals surface area contributed by atoms with E-state index in [-0.39, 0.29) is 0 Å². The number of ether oxygens (including phenoxy) is 1. The van der Waals surface area contributed by atoms with Crippen LogP contribution in [0.1, 0.15) is 27.2 Å². The second kappa shape index (κ2) is 6.58. The molecule has 5 heteroatoms. The Morgan fingerprint density at radius 2 is 2.19 bits per heavy atom. The SMILES string of the molecule is CCOc1ncnc(SCCC(C)C)c1N. The van der Waals surface area contributed by atoms with Gasteiger partial charge < -0.3 is 10.5 Å². The number of nitrogens with zero attached hydrogens (tertiary/aromatic N) is 2. The van der Waals surface area contributed by atoms with Crippen molar-refractivity contribution in [3.63, 3.8) is 0 Å². The fourth-order valence-electron chi connectivity index (χ4n) is 1.12. The number of nitrogens with two attached hydrogens (primary N) is 1. The Hall–Kier alpha value is -0.970. The van der Waals surface area contributed by atoms with E-state index in [0.29, 0.717) is 24.1 Å². The zero-order valence-corrected chi connectivity index (χ0v) is 10.9. The van der Waals surface area contributed by atoms with Crippen LogP contribution in [0, 0.1) is 5.92 Å². The highest BCUT2D eigenvalue weighted by molar-refractivity contribution is 7.99. The Labute approximate surface area is 101 Å². The maximum Gasteiger partial charge on any atom is 0.241 e. The Morgan fingerprint density at radius 3 is 2.81 bits per heavy atom. The number of aromatic nitrogens is 2. The topological polar surface area (TPSA) is 61.0 Å². The molecule has 0 aliphatic carbocycles. The van der Waals surface area contributed by atoms with Gasteiger partial charge in [-0.15, -0.1) is 11.8 Å². The largest absolute Gasteiger partial charge is 0.476 e. The van der Waals surface area contributed by atoms with Gasteiger partial charge in [0.15, 0.2) is 0 Å². The van der Waals surface area contributed by atoms with Crippen LogP contribution < -0.4 is 10.5 Å². The van der Waals surface area contributed by atoms with E-state index in [2.05, 4.69) is 23.8 Å². The third-order valence-corrected chi connectivity index (χ3v) is 3.06. The molecule has 0 amide bonds. The smallest absolute Gasteiger partial charge is 0.241 e. The van der Waals surface area contributed by atoms with Crippen LogP contribution >= 0.6 is 11.8 Å². The Bertz CT molecular complexity index is 331. The van der Waals surface area contributed by atoms with Crippen molar-refractivity contribution >= 4 is 17.4 Å². The van der Waals surface area contributed by atoms with Gasteiger partial charge in [0.05, 0.1) is 6.61 Å². The van der Waals surface area contributed by atoms with E-state index in [0.717, 1.165) is 17.2 Å². The van der Waals surface area contributed by atoms with Crippen LogP contribution in [0.2, 0.25) is 0 Å². The molecule has 1 aromatic heterocycles. The molecule has 1 rings (SSSR count). The van der Waals surface area contributed by atoms with E-state index in [1.165, 1.54) is 6.33 Å². The summed E-state index contributed by atoms with van der Waals surface area (Å²) in [7, 11) is 0. The summed E-state index contributed by atoms with van der Waals surface area (Å²) in [4.78, 5) is 8.17. The van der Waals surface area contributed by atoms with E-state index >= 15 is 0 Å². The summed E-state index contributed by atoms with van der Waals surface area (Å²) >= 11 is 1.66. The highest BCUT2D eigenvalue weighted by Crippen LogP contribution is 2.29. The van der Waals surface area contributed by atoms with Crippen molar-refractivity contribution in [2.75, 3.05) is 18.1 Å². The second-order valence-electron chi connectivity index (χ2n) is 3.86. The van der Waals surface area contributed by atoms with Gasteiger partial charge in [0, 0.05) is 0 Å². The van der Waals surface area contributed by atoms with Gasteiger partial charge in [-0.1, -0.05) is 13.8 Å². The fraction of sp³-hybridized carbons (Fsp3) is 0.636. The fourth-order valence-corrected chi connectivity index (χ4v) is 2.27. The van der Waals surface area contributed by atoms with Crippen molar-refractivity contribution in [1.82, 2.24) is 9.97 Å². The molecule has 1 aromatic rings. The Morgan fingerprint density at radius 1 is 1.44 bits per heavy atom. The molecule has 2 N–H and O–H groups in total. The maximum absolute atomic E-state index is 5.92. The Balaban J connectivity index is 2.62. The van der Waals surface area contributed by atoms with Crippen molar-refractivity contribution in [3.05, 3.63) is 6.33 Å². The highest BCUT2D eigenvalue weighted by Gasteiger charge is 2.09. The molecule has 0 aromatic carbocycles. The van der Waals surface area contributed by atoms with Crippen molar-refractivity contribution in [1.29, 1.82) is 0 Å². The molecule has 0 aliphatic rings. The first-order valence-corrected chi connectivity index (χ1v) is 6.49. The predicted molar refractivity (Wildman–Crippen MR) is 67.8 cm³/mol. The molecule has 0 unspecified atom stereocenters. The van der Waals surface area contributed by atoms with Crippen LogP contribution in [0.25, 0.3) is 0 Å². The molecule has 90 valence electrons. The van der Waals surface area contributed by atoms with E-state index < -0.39 is 0 Å².